The molecule has 1 heterocycles. The summed E-state index contributed by atoms with van der Waals surface area (Å²) in [4.78, 5) is 13.3. The maximum absolute atomic E-state index is 13.9. The lowest BCUT2D eigenvalue weighted by atomic mass is 9.99. The van der Waals surface area contributed by atoms with Crippen LogP contribution in [-0.4, -0.2) is 28.3 Å². The highest BCUT2D eigenvalue weighted by atomic mass is 19.4. The summed E-state index contributed by atoms with van der Waals surface area (Å²) in [5.74, 6) is -0.538. The molecule has 2 aromatic carbocycles. The van der Waals surface area contributed by atoms with Crippen LogP contribution < -0.4 is 26.8 Å². The molecule has 40 heavy (non-hydrogen) atoms. The second-order valence-electron chi connectivity index (χ2n) is 10.8. The topological polar surface area (TPSA) is 100 Å². The Kier molecular flexibility index (Phi) is 9.00. The van der Waals surface area contributed by atoms with E-state index < -0.39 is 17.6 Å². The molecule has 0 bridgehead atoms. The van der Waals surface area contributed by atoms with E-state index in [2.05, 4.69) is 21.2 Å². The van der Waals surface area contributed by atoms with Crippen molar-refractivity contribution in [3.8, 4) is 0 Å². The Hall–Kier alpha value is -3.83. The number of aromatic nitrogens is 2. The van der Waals surface area contributed by atoms with Gasteiger partial charge >= 0.3 is 6.18 Å². The van der Waals surface area contributed by atoms with Crippen LogP contribution in [0, 0.1) is 20.8 Å². The minimum absolute atomic E-state index is 0.0671. The van der Waals surface area contributed by atoms with Crippen LogP contribution in [0.1, 0.15) is 64.6 Å². The molecule has 1 amide bonds. The zero-order valence-corrected chi connectivity index (χ0v) is 24.2. The number of aryl methyl sites for hydroxylation is 2. The van der Waals surface area contributed by atoms with Gasteiger partial charge in [0.1, 0.15) is 0 Å². The highest BCUT2D eigenvalue weighted by Crippen LogP contribution is 2.36. The Morgan fingerprint density at radius 3 is 2.35 bits per heavy atom. The van der Waals surface area contributed by atoms with Crippen molar-refractivity contribution in [1.29, 1.82) is 0 Å². The number of carbonyl (C=O) groups excluding carboxylic acids is 1. The van der Waals surface area contributed by atoms with Crippen LogP contribution in [0.2, 0.25) is 0 Å². The first-order valence-electron chi connectivity index (χ1n) is 12.8. The summed E-state index contributed by atoms with van der Waals surface area (Å²) < 4.78 is 43.3. The van der Waals surface area contributed by atoms with Gasteiger partial charge in [-0.25, -0.2) is 5.43 Å². The van der Waals surface area contributed by atoms with Crippen LogP contribution in [0.5, 0.6) is 0 Å². The van der Waals surface area contributed by atoms with Crippen LogP contribution in [0.4, 0.5) is 24.5 Å². The van der Waals surface area contributed by atoms with Crippen molar-refractivity contribution < 1.29 is 18.0 Å². The van der Waals surface area contributed by atoms with Gasteiger partial charge in [0.15, 0.2) is 0 Å². The van der Waals surface area contributed by atoms with Crippen molar-refractivity contribution in [3.05, 3.63) is 81.8 Å². The number of hydrogen-bond acceptors (Lipinski definition) is 6. The summed E-state index contributed by atoms with van der Waals surface area (Å²) in [5.41, 5.74) is 12.9. The van der Waals surface area contributed by atoms with E-state index in [1.807, 2.05) is 41.7 Å². The number of rotatable bonds is 8. The average Bonchev–Trinajstić information content (AvgIpc) is 3.19. The molecule has 11 heteroatoms. The zero-order valence-electron chi connectivity index (χ0n) is 24.2. The Morgan fingerprint density at radius 2 is 1.80 bits per heavy atom. The third kappa shape index (κ3) is 7.22. The second kappa shape index (κ2) is 11.7. The number of nitrogens with zero attached hydrogens (tertiary/aromatic N) is 3. The highest BCUT2D eigenvalue weighted by Gasteiger charge is 2.34. The third-order valence-electron chi connectivity index (χ3n) is 6.67. The number of benzene rings is 2. The molecule has 3 aromatic rings. The van der Waals surface area contributed by atoms with Gasteiger partial charge in [0.2, 0.25) is 0 Å². The zero-order chi connectivity index (χ0) is 30.0. The number of anilines is 2. The van der Waals surface area contributed by atoms with E-state index in [1.54, 1.807) is 53.4 Å². The summed E-state index contributed by atoms with van der Waals surface area (Å²) in [6.07, 6.45) is -1.20. The first-order valence-corrected chi connectivity index (χ1v) is 12.8. The van der Waals surface area contributed by atoms with E-state index in [1.165, 1.54) is 6.92 Å². The molecule has 8 nitrogen and oxygen atoms in total. The van der Waals surface area contributed by atoms with Crippen LogP contribution in [-0.2, 0) is 19.8 Å². The number of amides is 1. The second-order valence-corrected chi connectivity index (χ2v) is 10.8. The van der Waals surface area contributed by atoms with Crippen LogP contribution in [0.15, 0.2) is 42.7 Å². The SMILES string of the molecule is CNN(/C=C(\N)c1cnn(C)c1C)c1cc(C(=O)Nc2cc(CNC(C)(C)C)c(C)c(C(F)(F)F)c2)ccc1C. The van der Waals surface area contributed by atoms with Crippen LogP contribution in [0.3, 0.4) is 0 Å². The van der Waals surface area contributed by atoms with Gasteiger partial charge in [0.25, 0.3) is 5.91 Å². The van der Waals surface area contributed by atoms with Gasteiger partial charge in [0.05, 0.1) is 23.1 Å². The summed E-state index contributed by atoms with van der Waals surface area (Å²) in [5, 5.41) is 11.8. The molecule has 0 unspecified atom stereocenters. The van der Waals surface area contributed by atoms with Gasteiger partial charge in [0, 0.05) is 54.9 Å². The number of alkyl halides is 3. The minimum atomic E-state index is -4.56. The number of hydrazine groups is 1. The smallest absolute Gasteiger partial charge is 0.397 e. The molecule has 1 aromatic heterocycles. The molecule has 0 spiro atoms. The Bertz CT molecular complexity index is 1420. The van der Waals surface area contributed by atoms with Gasteiger partial charge in [-0.15, -0.1) is 0 Å². The van der Waals surface area contributed by atoms with Crippen molar-refractivity contribution in [2.24, 2.45) is 12.8 Å². The lowest BCUT2D eigenvalue weighted by Crippen LogP contribution is -2.35. The molecule has 0 radical (unpaired) electrons. The van der Waals surface area contributed by atoms with Crippen molar-refractivity contribution in [3.63, 3.8) is 0 Å². The largest absolute Gasteiger partial charge is 0.416 e. The van der Waals surface area contributed by atoms with Gasteiger partial charge in [-0.2, -0.15) is 18.3 Å². The number of carbonyl (C=O) groups is 1. The molecule has 5 N–H and O–H groups in total. The summed E-state index contributed by atoms with van der Waals surface area (Å²) in [7, 11) is 3.54. The van der Waals surface area contributed by atoms with E-state index in [4.69, 9.17) is 5.73 Å². The molecule has 0 atom stereocenters. The molecule has 216 valence electrons. The van der Waals surface area contributed by atoms with Crippen LogP contribution >= 0.6 is 0 Å². The fourth-order valence-corrected chi connectivity index (χ4v) is 4.14. The van der Waals surface area contributed by atoms with Gasteiger partial charge in [-0.1, -0.05) is 6.07 Å². The normalized spacial score (nSPS) is 12.5. The number of halogens is 3. The summed E-state index contributed by atoms with van der Waals surface area (Å²) >= 11 is 0. The molecule has 3 rings (SSSR count). The third-order valence-corrected chi connectivity index (χ3v) is 6.67. The average molecular weight is 558 g/mol. The monoisotopic (exact) mass is 557 g/mol. The van der Waals surface area contributed by atoms with Crippen molar-refractivity contribution in [1.82, 2.24) is 20.5 Å². The van der Waals surface area contributed by atoms with Crippen LogP contribution in [0.25, 0.3) is 5.70 Å². The Morgan fingerprint density at radius 1 is 1.12 bits per heavy atom. The first-order chi connectivity index (χ1) is 18.5. The Labute approximate surface area is 233 Å². The van der Waals surface area contributed by atoms with E-state index >= 15 is 0 Å². The summed E-state index contributed by atoms with van der Waals surface area (Å²) in [6.45, 7) is 11.2. The molecule has 0 aliphatic rings. The quantitative estimate of drug-likeness (QED) is 0.277. The van der Waals surface area contributed by atoms with E-state index in [0.29, 0.717) is 16.9 Å². The van der Waals surface area contributed by atoms with Gasteiger partial charge in [-0.05, 0) is 82.5 Å². The van der Waals surface area contributed by atoms with Gasteiger partial charge < -0.3 is 16.4 Å². The van der Waals surface area contributed by atoms with Crippen molar-refractivity contribution in [2.75, 3.05) is 17.4 Å². The molecular weight excluding hydrogens is 519 g/mol. The standard InChI is InChI=1S/C29H38F3N7O/c1-17-9-10-20(12-26(17)39(34-7)16-25(33)23-15-36-38(8)19(23)3)27(40)37-22-11-21(14-35-28(4,5)6)18(2)24(13-22)29(30,31)32/h9-13,15-16,34-35H,14,33H2,1-8H3,(H,37,40)/b25-16-. The maximum atomic E-state index is 13.9. The number of nitrogens with two attached hydrogens (primary N) is 1. The van der Waals surface area contributed by atoms with Crippen molar-refractivity contribution in [2.45, 2.75) is 59.8 Å². The predicted molar refractivity (Wildman–Crippen MR) is 154 cm³/mol. The highest BCUT2D eigenvalue weighted by molar-refractivity contribution is 6.05. The summed E-state index contributed by atoms with van der Waals surface area (Å²) in [6, 6.07) is 7.60. The maximum Gasteiger partial charge on any atom is 0.416 e. The lowest BCUT2D eigenvalue weighted by Gasteiger charge is -2.24. The molecule has 0 fully saturated rings. The fraction of sp³-hybridized carbons (Fsp3) is 0.379. The first kappa shape index (κ1) is 30.7. The lowest BCUT2D eigenvalue weighted by molar-refractivity contribution is -0.138. The molecule has 0 saturated carbocycles. The fourth-order valence-electron chi connectivity index (χ4n) is 4.14. The van der Waals surface area contributed by atoms with Gasteiger partial charge in [-0.3, -0.25) is 14.5 Å². The Balaban J connectivity index is 1.95. The minimum Gasteiger partial charge on any atom is -0.397 e. The molecular formula is C29H38F3N7O. The van der Waals surface area contributed by atoms with E-state index in [0.717, 1.165) is 22.9 Å². The number of nitrogens with one attached hydrogen (secondary N) is 3. The predicted octanol–water partition coefficient (Wildman–Crippen LogP) is 5.40. The number of hydrogen-bond donors (Lipinski definition) is 4. The van der Waals surface area contributed by atoms with E-state index in [-0.39, 0.29) is 28.9 Å². The molecule has 0 aliphatic heterocycles. The molecule has 0 saturated heterocycles. The van der Waals surface area contributed by atoms with Crippen molar-refractivity contribution >= 4 is 23.0 Å². The molecule has 0 aliphatic carbocycles. The van der Waals surface area contributed by atoms with E-state index in [9.17, 15) is 18.0 Å².